The van der Waals surface area contributed by atoms with E-state index in [0.29, 0.717) is 6.04 Å². The van der Waals surface area contributed by atoms with Gasteiger partial charge in [0.2, 0.25) is 0 Å². The summed E-state index contributed by atoms with van der Waals surface area (Å²) in [7, 11) is 1.71. The second kappa shape index (κ2) is 4.78. The first-order chi connectivity index (χ1) is 8.13. The third-order valence-corrected chi connectivity index (χ3v) is 3.16. The van der Waals surface area contributed by atoms with Crippen LogP contribution in [0.1, 0.15) is 25.0 Å². The lowest BCUT2D eigenvalue weighted by atomic mass is 10.1. The molecule has 0 radical (unpaired) electrons. The molecular formula is C14H20N2O. The van der Waals surface area contributed by atoms with Gasteiger partial charge in [-0.05, 0) is 32.4 Å². The largest absolute Gasteiger partial charge is 0.496 e. The summed E-state index contributed by atoms with van der Waals surface area (Å²) >= 11 is 0. The van der Waals surface area contributed by atoms with E-state index in [4.69, 9.17) is 4.74 Å². The van der Waals surface area contributed by atoms with E-state index >= 15 is 0 Å². The van der Waals surface area contributed by atoms with Gasteiger partial charge in [0.05, 0.1) is 13.7 Å². The molecule has 0 saturated heterocycles. The summed E-state index contributed by atoms with van der Waals surface area (Å²) in [6.07, 6.45) is 0. The molecule has 0 saturated carbocycles. The summed E-state index contributed by atoms with van der Waals surface area (Å²) in [5.74, 6) is 2.03. The summed E-state index contributed by atoms with van der Waals surface area (Å²) in [5, 5.41) is 0. The maximum absolute atomic E-state index is 5.37. The zero-order valence-electron chi connectivity index (χ0n) is 11.0. The molecule has 1 heterocycles. The summed E-state index contributed by atoms with van der Waals surface area (Å²) in [6.45, 7) is 8.37. The van der Waals surface area contributed by atoms with Crippen molar-refractivity contribution in [2.45, 2.75) is 26.8 Å². The highest BCUT2D eigenvalue weighted by Crippen LogP contribution is 2.22. The first-order valence-electron chi connectivity index (χ1n) is 6.09. The number of aryl methyl sites for hydroxylation is 1. The van der Waals surface area contributed by atoms with Gasteiger partial charge >= 0.3 is 0 Å². The summed E-state index contributed by atoms with van der Waals surface area (Å²) in [6, 6.07) is 6.78. The van der Waals surface area contributed by atoms with Crippen LogP contribution in [-0.2, 0) is 0 Å². The van der Waals surface area contributed by atoms with Gasteiger partial charge in [0.15, 0.2) is 0 Å². The standard InChI is InChI=1S/C14H20N2O/c1-10(2)16-8-7-15-14(16)12-6-5-11(3)13(9-12)17-4/h5-6,9-10H,7-8H2,1-4H3. The van der Waals surface area contributed by atoms with E-state index in [2.05, 4.69) is 48.9 Å². The second-order valence-electron chi connectivity index (χ2n) is 4.68. The molecule has 0 unspecified atom stereocenters. The van der Waals surface area contributed by atoms with Crippen molar-refractivity contribution >= 4 is 5.84 Å². The van der Waals surface area contributed by atoms with Crippen molar-refractivity contribution in [1.29, 1.82) is 0 Å². The number of nitrogens with zero attached hydrogens (tertiary/aromatic N) is 2. The van der Waals surface area contributed by atoms with Crippen molar-refractivity contribution in [3.8, 4) is 5.75 Å². The van der Waals surface area contributed by atoms with Crippen LogP contribution in [0.4, 0.5) is 0 Å². The molecule has 2 rings (SSSR count). The van der Waals surface area contributed by atoms with E-state index in [1.165, 1.54) is 0 Å². The highest BCUT2D eigenvalue weighted by molar-refractivity contribution is 6.00. The Bertz CT molecular complexity index is 438. The van der Waals surface area contributed by atoms with E-state index < -0.39 is 0 Å². The second-order valence-corrected chi connectivity index (χ2v) is 4.68. The Kier molecular flexibility index (Phi) is 3.36. The fraction of sp³-hybridized carbons (Fsp3) is 0.500. The SMILES string of the molecule is COc1cc(C2=NCCN2C(C)C)ccc1C. The normalized spacial score (nSPS) is 15.4. The number of ether oxygens (including phenoxy) is 1. The third-order valence-electron chi connectivity index (χ3n) is 3.16. The summed E-state index contributed by atoms with van der Waals surface area (Å²) in [5.41, 5.74) is 2.31. The van der Waals surface area contributed by atoms with E-state index in [1.54, 1.807) is 7.11 Å². The minimum absolute atomic E-state index is 0.489. The zero-order valence-corrected chi connectivity index (χ0v) is 11.0. The topological polar surface area (TPSA) is 24.8 Å². The Balaban J connectivity index is 2.34. The maximum atomic E-state index is 5.37. The van der Waals surface area contributed by atoms with Crippen molar-refractivity contribution in [1.82, 2.24) is 4.90 Å². The van der Waals surface area contributed by atoms with E-state index in [1.807, 2.05) is 0 Å². The van der Waals surface area contributed by atoms with Gasteiger partial charge in [-0.25, -0.2) is 0 Å². The van der Waals surface area contributed by atoms with Crippen molar-refractivity contribution in [3.05, 3.63) is 29.3 Å². The monoisotopic (exact) mass is 232 g/mol. The predicted octanol–water partition coefficient (Wildman–Crippen LogP) is 2.47. The van der Waals surface area contributed by atoms with Crippen LogP contribution in [0.3, 0.4) is 0 Å². The number of hydrogen-bond acceptors (Lipinski definition) is 3. The number of rotatable bonds is 3. The molecule has 3 heteroatoms. The number of hydrogen-bond donors (Lipinski definition) is 0. The Morgan fingerprint density at radius 3 is 2.76 bits per heavy atom. The minimum Gasteiger partial charge on any atom is -0.496 e. The van der Waals surface area contributed by atoms with Crippen molar-refractivity contribution in [2.75, 3.05) is 20.2 Å². The van der Waals surface area contributed by atoms with Gasteiger partial charge in [0.1, 0.15) is 11.6 Å². The number of benzene rings is 1. The summed E-state index contributed by atoms with van der Waals surface area (Å²) < 4.78 is 5.37. The molecular weight excluding hydrogens is 212 g/mol. The average Bonchev–Trinajstić information content (AvgIpc) is 2.78. The van der Waals surface area contributed by atoms with Crippen LogP contribution in [0.5, 0.6) is 5.75 Å². The zero-order chi connectivity index (χ0) is 12.4. The van der Waals surface area contributed by atoms with Gasteiger partial charge in [-0.2, -0.15) is 0 Å². The van der Waals surface area contributed by atoms with Crippen LogP contribution in [0.2, 0.25) is 0 Å². The molecule has 3 nitrogen and oxygen atoms in total. The van der Waals surface area contributed by atoms with E-state index in [0.717, 1.165) is 35.8 Å². The van der Waals surface area contributed by atoms with Crippen LogP contribution in [0.15, 0.2) is 23.2 Å². The molecule has 0 aliphatic carbocycles. The lowest BCUT2D eigenvalue weighted by Gasteiger charge is -2.25. The lowest BCUT2D eigenvalue weighted by molar-refractivity contribution is 0.380. The van der Waals surface area contributed by atoms with Crippen molar-refractivity contribution < 1.29 is 4.74 Å². The number of amidine groups is 1. The fourth-order valence-electron chi connectivity index (χ4n) is 2.18. The quantitative estimate of drug-likeness (QED) is 0.799. The molecule has 0 aromatic heterocycles. The molecule has 0 atom stereocenters. The van der Waals surface area contributed by atoms with Gasteiger partial charge in [-0.15, -0.1) is 0 Å². The van der Waals surface area contributed by atoms with Crippen molar-refractivity contribution in [2.24, 2.45) is 4.99 Å². The number of aliphatic imine (C=N–C) groups is 1. The molecule has 1 aliphatic heterocycles. The summed E-state index contributed by atoms with van der Waals surface area (Å²) in [4.78, 5) is 6.94. The smallest absolute Gasteiger partial charge is 0.131 e. The molecule has 0 amide bonds. The first-order valence-corrected chi connectivity index (χ1v) is 6.09. The Hall–Kier alpha value is -1.51. The fourth-order valence-corrected chi connectivity index (χ4v) is 2.18. The van der Waals surface area contributed by atoms with Crippen molar-refractivity contribution in [3.63, 3.8) is 0 Å². The Morgan fingerprint density at radius 1 is 1.35 bits per heavy atom. The predicted molar refractivity (Wildman–Crippen MR) is 71.0 cm³/mol. The molecule has 17 heavy (non-hydrogen) atoms. The molecule has 92 valence electrons. The molecule has 1 aromatic carbocycles. The molecule has 1 aliphatic rings. The lowest BCUT2D eigenvalue weighted by Crippen LogP contribution is -2.34. The minimum atomic E-state index is 0.489. The van der Waals surface area contributed by atoms with Gasteiger partial charge < -0.3 is 9.64 Å². The van der Waals surface area contributed by atoms with Gasteiger partial charge in [0, 0.05) is 18.2 Å². The maximum Gasteiger partial charge on any atom is 0.131 e. The average molecular weight is 232 g/mol. The van der Waals surface area contributed by atoms with Crippen LogP contribution >= 0.6 is 0 Å². The van der Waals surface area contributed by atoms with E-state index in [9.17, 15) is 0 Å². The van der Waals surface area contributed by atoms with E-state index in [-0.39, 0.29) is 0 Å². The molecule has 0 N–H and O–H groups in total. The Labute approximate surface area is 103 Å². The highest BCUT2D eigenvalue weighted by atomic mass is 16.5. The molecule has 0 fully saturated rings. The number of methoxy groups -OCH3 is 1. The van der Waals surface area contributed by atoms with Gasteiger partial charge in [0.25, 0.3) is 0 Å². The Morgan fingerprint density at radius 2 is 2.12 bits per heavy atom. The van der Waals surface area contributed by atoms with Crippen LogP contribution < -0.4 is 4.74 Å². The third kappa shape index (κ3) is 2.28. The molecule has 0 bridgehead atoms. The van der Waals surface area contributed by atoms with Gasteiger partial charge in [-0.1, -0.05) is 12.1 Å². The van der Waals surface area contributed by atoms with Crippen LogP contribution in [0, 0.1) is 6.92 Å². The molecule has 0 spiro atoms. The van der Waals surface area contributed by atoms with Gasteiger partial charge in [-0.3, -0.25) is 4.99 Å². The van der Waals surface area contributed by atoms with Crippen LogP contribution in [-0.4, -0.2) is 37.0 Å². The highest BCUT2D eigenvalue weighted by Gasteiger charge is 2.21. The van der Waals surface area contributed by atoms with Crippen LogP contribution in [0.25, 0.3) is 0 Å². The molecule has 1 aromatic rings. The first kappa shape index (κ1) is 12.0.